The minimum Gasteiger partial charge on any atom is -0.497 e. The molecule has 0 bridgehead atoms. The summed E-state index contributed by atoms with van der Waals surface area (Å²) in [5.41, 5.74) is 1.83. The van der Waals surface area contributed by atoms with Crippen molar-refractivity contribution >= 4 is 16.1 Å². The van der Waals surface area contributed by atoms with Crippen LogP contribution in [0.2, 0.25) is 0 Å². The summed E-state index contributed by atoms with van der Waals surface area (Å²) in [5, 5.41) is 8.89. The number of hydrogen-bond acceptors (Lipinski definition) is 7. The molecule has 9 nitrogen and oxygen atoms in total. The van der Waals surface area contributed by atoms with Crippen molar-refractivity contribution in [3.05, 3.63) is 17.7 Å². The van der Waals surface area contributed by atoms with Gasteiger partial charge in [-0.05, 0) is 13.1 Å². The predicted molar refractivity (Wildman–Crippen MR) is 69.6 cm³/mol. The van der Waals surface area contributed by atoms with Gasteiger partial charge in [-0.1, -0.05) is 0 Å². The molecule has 1 rings (SSSR count). The highest BCUT2D eigenvalue weighted by atomic mass is 32.2. The van der Waals surface area contributed by atoms with Crippen molar-refractivity contribution in [2.45, 2.75) is 4.90 Å². The zero-order chi connectivity index (χ0) is 15.9. The van der Waals surface area contributed by atoms with Gasteiger partial charge in [-0.3, -0.25) is 15.8 Å². The molecule has 0 aliphatic heterocycles. The molecule has 10 heteroatoms. The van der Waals surface area contributed by atoms with Gasteiger partial charge in [0.2, 0.25) is 0 Å². The molecule has 114 valence electrons. The molecule has 0 spiro atoms. The maximum absolute atomic E-state index is 11.1. The predicted octanol–water partition coefficient (Wildman–Crippen LogP) is -0.272. The number of ether oxygens (including phenoxy) is 2. The summed E-state index contributed by atoms with van der Waals surface area (Å²) in [7, 11) is -0.612. The van der Waals surface area contributed by atoms with E-state index in [1.54, 1.807) is 7.05 Å². The molecule has 0 fully saturated rings. The number of hydrogen-bond donors (Lipinski definition) is 4. The van der Waals surface area contributed by atoms with E-state index in [-0.39, 0.29) is 5.75 Å². The molecule has 1 aromatic carbocycles. The first-order valence-corrected chi connectivity index (χ1v) is 6.51. The number of carboxylic acids is 1. The fraction of sp³-hybridized carbons (Fsp3) is 0.300. The maximum Gasteiger partial charge on any atom is 0.339 e. The number of nitrogens with two attached hydrogens (primary N) is 1. The van der Waals surface area contributed by atoms with Crippen LogP contribution in [0.15, 0.2) is 17.0 Å². The van der Waals surface area contributed by atoms with Crippen LogP contribution in [0.1, 0.15) is 10.4 Å². The molecule has 0 heterocycles. The second-order valence-electron chi connectivity index (χ2n) is 3.28. The van der Waals surface area contributed by atoms with Crippen LogP contribution in [-0.2, 0) is 10.1 Å². The summed E-state index contributed by atoms with van der Waals surface area (Å²) in [4.78, 5) is 10.3. The van der Waals surface area contributed by atoms with Crippen LogP contribution in [0.25, 0.3) is 0 Å². The Bertz CT molecular complexity index is 571. The van der Waals surface area contributed by atoms with E-state index < -0.39 is 32.3 Å². The summed E-state index contributed by atoms with van der Waals surface area (Å²) >= 11 is 0. The third kappa shape index (κ3) is 4.66. The van der Waals surface area contributed by atoms with Gasteiger partial charge in [-0.25, -0.2) is 4.79 Å². The molecule has 0 saturated carbocycles. The smallest absolute Gasteiger partial charge is 0.339 e. The Hall–Kier alpha value is -1.88. The van der Waals surface area contributed by atoms with Crippen molar-refractivity contribution in [3.8, 4) is 11.5 Å². The SMILES string of the molecule is CNN.COc1cc(C(=O)O)c(OC)c(S(=O)(=O)O)c1. The molecular weight excluding hydrogens is 292 g/mol. The van der Waals surface area contributed by atoms with E-state index in [2.05, 4.69) is 16.0 Å². The molecule has 20 heavy (non-hydrogen) atoms. The summed E-state index contributed by atoms with van der Waals surface area (Å²) in [6.45, 7) is 0. The van der Waals surface area contributed by atoms with Gasteiger partial charge in [0.25, 0.3) is 10.1 Å². The van der Waals surface area contributed by atoms with Gasteiger partial charge < -0.3 is 14.6 Å². The van der Waals surface area contributed by atoms with E-state index in [9.17, 15) is 13.2 Å². The molecule has 0 atom stereocenters. The van der Waals surface area contributed by atoms with Gasteiger partial charge in [-0.2, -0.15) is 8.42 Å². The van der Waals surface area contributed by atoms with Crippen LogP contribution in [0.5, 0.6) is 11.5 Å². The van der Waals surface area contributed by atoms with E-state index in [1.807, 2.05) is 0 Å². The van der Waals surface area contributed by atoms with Gasteiger partial charge in [0, 0.05) is 6.07 Å². The van der Waals surface area contributed by atoms with Crippen LogP contribution in [0, 0.1) is 0 Å². The van der Waals surface area contributed by atoms with Crippen molar-refractivity contribution in [2.75, 3.05) is 21.3 Å². The van der Waals surface area contributed by atoms with Crippen molar-refractivity contribution in [1.29, 1.82) is 0 Å². The highest BCUT2D eigenvalue weighted by Crippen LogP contribution is 2.32. The fourth-order valence-electron chi connectivity index (χ4n) is 1.26. The van der Waals surface area contributed by atoms with E-state index >= 15 is 0 Å². The van der Waals surface area contributed by atoms with Crippen molar-refractivity contribution < 1.29 is 32.3 Å². The quantitative estimate of drug-likeness (QED) is 0.335. The van der Waals surface area contributed by atoms with Gasteiger partial charge >= 0.3 is 5.97 Å². The number of nitrogens with one attached hydrogen (secondary N) is 1. The Kier molecular flexibility index (Phi) is 6.93. The molecule has 0 aliphatic carbocycles. The number of carbonyl (C=O) groups is 1. The molecule has 0 amide bonds. The molecule has 0 aliphatic rings. The normalized spacial score (nSPS) is 10.2. The average Bonchev–Trinajstić information content (AvgIpc) is 2.36. The summed E-state index contributed by atoms with van der Waals surface area (Å²) < 4.78 is 40.6. The van der Waals surface area contributed by atoms with Crippen LogP contribution >= 0.6 is 0 Å². The number of aromatic carboxylic acids is 1. The number of carboxylic acid groups (broad SMARTS) is 1. The highest BCUT2D eigenvalue weighted by Gasteiger charge is 2.24. The molecule has 0 unspecified atom stereocenters. The largest absolute Gasteiger partial charge is 0.497 e. The topological polar surface area (TPSA) is 148 Å². The van der Waals surface area contributed by atoms with E-state index in [0.29, 0.717) is 0 Å². The van der Waals surface area contributed by atoms with E-state index in [1.165, 1.54) is 7.11 Å². The first-order valence-electron chi connectivity index (χ1n) is 5.07. The molecule has 1 aromatic rings. The fourth-order valence-corrected chi connectivity index (χ4v) is 1.95. The molecule has 0 radical (unpaired) electrons. The first-order chi connectivity index (χ1) is 9.22. The van der Waals surface area contributed by atoms with Crippen LogP contribution in [0.3, 0.4) is 0 Å². The van der Waals surface area contributed by atoms with Crippen molar-refractivity contribution in [3.63, 3.8) is 0 Å². The molecule has 5 N–H and O–H groups in total. The third-order valence-corrected chi connectivity index (χ3v) is 2.84. The number of hydrazine groups is 1. The Morgan fingerprint density at radius 2 is 1.80 bits per heavy atom. The number of methoxy groups -OCH3 is 2. The number of benzene rings is 1. The lowest BCUT2D eigenvalue weighted by Crippen LogP contribution is -2.13. The lowest BCUT2D eigenvalue weighted by atomic mass is 10.2. The third-order valence-electron chi connectivity index (χ3n) is 1.98. The first kappa shape index (κ1) is 18.1. The standard InChI is InChI=1S/C9H10O7S.CH6N2/c1-15-5-3-6(9(10)11)8(16-2)7(4-5)17(12,13)14;1-3-2/h3-4H,1-2H3,(H,10,11)(H,12,13,14);3H,2H2,1H3. The molecule has 0 saturated heterocycles. The van der Waals surface area contributed by atoms with Gasteiger partial charge in [0.1, 0.15) is 16.2 Å². The lowest BCUT2D eigenvalue weighted by Gasteiger charge is -2.11. The maximum atomic E-state index is 11.1. The second kappa shape index (κ2) is 7.65. The average molecular weight is 308 g/mol. The summed E-state index contributed by atoms with van der Waals surface area (Å²) in [5.74, 6) is 2.74. The monoisotopic (exact) mass is 308 g/mol. The minimum atomic E-state index is -4.60. The summed E-state index contributed by atoms with van der Waals surface area (Å²) in [6, 6.07) is 2.07. The van der Waals surface area contributed by atoms with Crippen LogP contribution < -0.4 is 20.7 Å². The molecule has 0 aromatic heterocycles. The highest BCUT2D eigenvalue weighted by molar-refractivity contribution is 7.86. The Morgan fingerprint density at radius 1 is 1.30 bits per heavy atom. The lowest BCUT2D eigenvalue weighted by molar-refractivity contribution is 0.0692. The van der Waals surface area contributed by atoms with Crippen LogP contribution in [0.4, 0.5) is 0 Å². The Balaban J connectivity index is 0.00000110. The van der Waals surface area contributed by atoms with Crippen LogP contribution in [-0.4, -0.2) is 45.3 Å². The zero-order valence-corrected chi connectivity index (χ0v) is 11.9. The number of rotatable bonds is 4. The zero-order valence-electron chi connectivity index (χ0n) is 11.1. The second-order valence-corrected chi connectivity index (χ2v) is 4.67. The Morgan fingerprint density at radius 3 is 2.10 bits per heavy atom. The van der Waals surface area contributed by atoms with Crippen molar-refractivity contribution in [1.82, 2.24) is 5.43 Å². The van der Waals surface area contributed by atoms with Gasteiger partial charge in [0.05, 0.1) is 14.2 Å². The molecular formula is C10H16N2O7S. The van der Waals surface area contributed by atoms with Gasteiger partial charge in [0.15, 0.2) is 5.75 Å². The van der Waals surface area contributed by atoms with Crippen molar-refractivity contribution in [2.24, 2.45) is 5.84 Å². The Labute approximate surface area is 116 Å². The van der Waals surface area contributed by atoms with Gasteiger partial charge in [-0.15, -0.1) is 0 Å². The van der Waals surface area contributed by atoms with E-state index in [0.717, 1.165) is 19.2 Å². The van der Waals surface area contributed by atoms with E-state index in [4.69, 9.17) is 14.4 Å². The minimum absolute atomic E-state index is 0.0178. The summed E-state index contributed by atoms with van der Waals surface area (Å²) in [6.07, 6.45) is 0.